The van der Waals surface area contributed by atoms with Crippen LogP contribution >= 0.6 is 0 Å². The molecule has 5 nitrogen and oxygen atoms in total. The van der Waals surface area contributed by atoms with Gasteiger partial charge in [-0.1, -0.05) is 92.2 Å². The molecular weight excluding hydrogens is 448 g/mol. The number of nitrogens with zero attached hydrogens (tertiary/aromatic N) is 2. The van der Waals surface area contributed by atoms with Crippen molar-refractivity contribution in [3.63, 3.8) is 0 Å². The fraction of sp³-hybridized carbons (Fsp3) is 0.290. The zero-order valence-electron chi connectivity index (χ0n) is 20.7. The Morgan fingerprint density at radius 2 is 1.64 bits per heavy atom. The molecule has 0 bridgehead atoms. The number of allylic oxidation sites excluding steroid dienone is 2. The molecule has 1 fully saturated rings. The first-order valence-electron chi connectivity index (χ1n) is 12.8. The number of para-hydroxylation sites is 1. The minimum absolute atomic E-state index is 0.102. The molecule has 36 heavy (non-hydrogen) atoms. The van der Waals surface area contributed by atoms with E-state index in [9.17, 15) is 9.59 Å². The molecule has 0 aromatic heterocycles. The Balaban J connectivity index is 1.52. The van der Waals surface area contributed by atoms with Crippen LogP contribution in [-0.4, -0.2) is 29.6 Å². The molecule has 0 radical (unpaired) electrons. The average Bonchev–Trinajstić information content (AvgIpc) is 3.43. The second-order valence-electron chi connectivity index (χ2n) is 9.54. The van der Waals surface area contributed by atoms with Crippen LogP contribution in [0.15, 0.2) is 97.1 Å². The fourth-order valence-electron chi connectivity index (χ4n) is 5.60. The van der Waals surface area contributed by atoms with E-state index in [-0.39, 0.29) is 24.0 Å². The number of ether oxygens (including phenoxy) is 1. The lowest BCUT2D eigenvalue weighted by Gasteiger charge is -2.36. The highest BCUT2D eigenvalue weighted by atomic mass is 16.6. The van der Waals surface area contributed by atoms with Crippen LogP contribution < -0.4 is 4.90 Å². The zero-order chi connectivity index (χ0) is 25.0. The Bertz CT molecular complexity index is 1240. The Morgan fingerprint density at radius 3 is 2.39 bits per heavy atom. The molecule has 0 aliphatic carbocycles. The van der Waals surface area contributed by atoms with Crippen LogP contribution in [0.1, 0.15) is 54.1 Å². The van der Waals surface area contributed by atoms with Crippen LogP contribution in [0, 0.1) is 0 Å². The lowest BCUT2D eigenvalue weighted by atomic mass is 9.76. The van der Waals surface area contributed by atoms with Gasteiger partial charge in [0.1, 0.15) is 12.8 Å². The van der Waals surface area contributed by atoms with E-state index in [1.807, 2.05) is 83.8 Å². The topological polar surface area (TPSA) is 49.9 Å². The summed E-state index contributed by atoms with van der Waals surface area (Å²) in [5.74, 6) is -0.102. The van der Waals surface area contributed by atoms with E-state index in [4.69, 9.17) is 4.74 Å². The molecule has 5 heteroatoms. The summed E-state index contributed by atoms with van der Waals surface area (Å²) in [4.78, 5) is 31.0. The van der Waals surface area contributed by atoms with Gasteiger partial charge < -0.3 is 4.74 Å². The quantitative estimate of drug-likeness (QED) is 0.354. The van der Waals surface area contributed by atoms with E-state index < -0.39 is 6.17 Å². The number of benzene rings is 3. The smallest absolute Gasteiger partial charge is 0.411 e. The summed E-state index contributed by atoms with van der Waals surface area (Å²) in [6.45, 7) is 2.90. The number of fused-ring (bicyclic) bond motifs is 3. The summed E-state index contributed by atoms with van der Waals surface area (Å²) < 4.78 is 5.77. The number of anilines is 1. The minimum Gasteiger partial charge on any atom is -0.444 e. The van der Waals surface area contributed by atoms with Crippen molar-refractivity contribution in [3.8, 4) is 0 Å². The van der Waals surface area contributed by atoms with E-state index in [0.717, 1.165) is 42.5 Å². The summed E-state index contributed by atoms with van der Waals surface area (Å²) in [6, 6.07) is 27.1. The van der Waals surface area contributed by atoms with Crippen LogP contribution in [0.2, 0.25) is 0 Å². The maximum atomic E-state index is 13.9. The third-order valence-corrected chi connectivity index (χ3v) is 7.32. The first-order chi connectivity index (χ1) is 17.7. The normalized spacial score (nSPS) is 20.4. The van der Waals surface area contributed by atoms with Crippen LogP contribution in [0.5, 0.6) is 0 Å². The van der Waals surface area contributed by atoms with E-state index in [2.05, 4.69) is 25.1 Å². The monoisotopic (exact) mass is 480 g/mol. The van der Waals surface area contributed by atoms with Gasteiger partial charge in [0.05, 0.1) is 5.69 Å². The molecule has 184 valence electrons. The molecule has 2 amide bonds. The first kappa shape index (κ1) is 23.9. The van der Waals surface area contributed by atoms with Crippen molar-refractivity contribution >= 4 is 17.7 Å². The van der Waals surface area contributed by atoms with Gasteiger partial charge in [0.25, 0.3) is 5.91 Å². The van der Waals surface area contributed by atoms with Crippen LogP contribution in [0.4, 0.5) is 10.5 Å². The summed E-state index contributed by atoms with van der Waals surface area (Å²) in [5, 5.41) is 0. The number of unbranched alkanes of at least 4 members (excludes halogenated alkanes) is 1. The van der Waals surface area contributed by atoms with Gasteiger partial charge in [-0.25, -0.2) is 4.79 Å². The Labute approximate surface area is 213 Å². The van der Waals surface area contributed by atoms with E-state index in [0.29, 0.717) is 12.1 Å². The molecule has 2 aliphatic rings. The summed E-state index contributed by atoms with van der Waals surface area (Å²) >= 11 is 0. The van der Waals surface area contributed by atoms with E-state index in [1.54, 1.807) is 4.90 Å². The molecular formula is C31H32N2O3. The number of likely N-dealkylation sites (tertiary alicyclic amines) is 1. The number of hydrogen-bond acceptors (Lipinski definition) is 3. The van der Waals surface area contributed by atoms with Crippen molar-refractivity contribution in [3.05, 3.63) is 114 Å². The molecule has 0 unspecified atom stereocenters. The van der Waals surface area contributed by atoms with Crippen molar-refractivity contribution in [2.24, 2.45) is 0 Å². The van der Waals surface area contributed by atoms with Gasteiger partial charge in [-0.3, -0.25) is 14.6 Å². The van der Waals surface area contributed by atoms with E-state index >= 15 is 0 Å². The van der Waals surface area contributed by atoms with Crippen molar-refractivity contribution < 1.29 is 14.3 Å². The number of amides is 2. The van der Waals surface area contributed by atoms with Crippen LogP contribution in [0.25, 0.3) is 0 Å². The number of carbonyl (C=O) groups is 2. The first-order valence-corrected chi connectivity index (χ1v) is 12.8. The highest BCUT2D eigenvalue weighted by molar-refractivity contribution is 6.08. The van der Waals surface area contributed by atoms with Gasteiger partial charge in [0, 0.05) is 17.5 Å². The van der Waals surface area contributed by atoms with E-state index in [1.165, 1.54) is 0 Å². The maximum Gasteiger partial charge on any atom is 0.411 e. The molecule has 1 saturated heterocycles. The molecule has 0 spiro atoms. The van der Waals surface area contributed by atoms with Crippen molar-refractivity contribution in [2.75, 3.05) is 11.4 Å². The highest BCUT2D eigenvalue weighted by Gasteiger charge is 2.59. The molecule has 2 atom stereocenters. The summed E-state index contributed by atoms with van der Waals surface area (Å²) in [5.41, 5.74) is 3.16. The van der Waals surface area contributed by atoms with Crippen molar-refractivity contribution in [1.82, 2.24) is 4.90 Å². The molecule has 3 aromatic carbocycles. The summed E-state index contributed by atoms with van der Waals surface area (Å²) in [6.07, 6.45) is 7.23. The Morgan fingerprint density at radius 1 is 0.944 bits per heavy atom. The summed E-state index contributed by atoms with van der Waals surface area (Å²) in [7, 11) is 0. The number of hydrogen-bond donors (Lipinski definition) is 0. The molecule has 2 heterocycles. The largest absolute Gasteiger partial charge is 0.444 e. The number of rotatable bonds is 7. The maximum absolute atomic E-state index is 13.9. The van der Waals surface area contributed by atoms with Gasteiger partial charge in [-0.05, 0) is 48.6 Å². The second-order valence-corrected chi connectivity index (χ2v) is 9.54. The van der Waals surface area contributed by atoms with Gasteiger partial charge >= 0.3 is 6.09 Å². The average molecular weight is 481 g/mol. The predicted molar refractivity (Wildman–Crippen MR) is 142 cm³/mol. The van der Waals surface area contributed by atoms with Crippen molar-refractivity contribution in [2.45, 2.75) is 50.8 Å². The standard InChI is InChI=1S/C31H32N2O3/c1-2-3-4-13-20-31-21-22-32(30(35)36-23-24-14-7-5-8-15-24)29(31)33(27-19-12-11-18-26(27)31)28(34)25-16-9-6-10-17-25/h4-19,29H,2-3,20-23H2,1H3/b13-4-/t29-,31+/m1/s1. The lowest BCUT2D eigenvalue weighted by molar-refractivity contribution is 0.0798. The third kappa shape index (κ3) is 4.30. The molecule has 0 N–H and O–H groups in total. The lowest BCUT2D eigenvalue weighted by Crippen LogP contribution is -2.54. The Kier molecular flexibility index (Phi) is 6.90. The van der Waals surface area contributed by atoms with Gasteiger partial charge in [0.2, 0.25) is 0 Å². The highest BCUT2D eigenvalue weighted by Crippen LogP contribution is 2.54. The van der Waals surface area contributed by atoms with Gasteiger partial charge in [-0.15, -0.1) is 0 Å². The molecule has 5 rings (SSSR count). The predicted octanol–water partition coefficient (Wildman–Crippen LogP) is 6.70. The molecule has 3 aromatic rings. The third-order valence-electron chi connectivity index (χ3n) is 7.32. The molecule has 0 saturated carbocycles. The molecule has 2 aliphatic heterocycles. The zero-order valence-corrected chi connectivity index (χ0v) is 20.7. The van der Waals surface area contributed by atoms with Gasteiger partial charge in [-0.2, -0.15) is 0 Å². The van der Waals surface area contributed by atoms with Crippen LogP contribution in [-0.2, 0) is 16.8 Å². The second kappa shape index (κ2) is 10.4. The van der Waals surface area contributed by atoms with Crippen LogP contribution in [0.3, 0.4) is 0 Å². The van der Waals surface area contributed by atoms with Crippen molar-refractivity contribution in [1.29, 1.82) is 0 Å². The SMILES string of the molecule is CCC/C=C\C[C@@]12CCN(C(=O)OCc3ccccc3)[C@@H]1N(C(=O)c1ccccc1)c1ccccc12. The number of carbonyl (C=O) groups excluding carboxylic acids is 2. The Hall–Kier alpha value is -3.86. The van der Waals surface area contributed by atoms with Gasteiger partial charge in [0.15, 0.2) is 0 Å². The minimum atomic E-state index is -0.447. The fourth-order valence-corrected chi connectivity index (χ4v) is 5.60.